The lowest BCUT2D eigenvalue weighted by atomic mass is 10.1. The summed E-state index contributed by atoms with van der Waals surface area (Å²) in [7, 11) is -0.351. The van der Waals surface area contributed by atoms with Crippen molar-refractivity contribution in [1.82, 2.24) is 4.98 Å². The molecule has 0 aliphatic carbocycles. The molecule has 0 aliphatic heterocycles. The standard InChI is InChI=1S/C21H29BrINO4Si/c1-21(2,3)29(5,6)27-13-17(15-10-8-7-9-11-15)28-16-12-18(23)24-20(22)19(16)26-14-25-4/h7-12,17H,13-14H2,1-6H3. The quantitative estimate of drug-likeness (QED) is 0.142. The molecule has 1 atom stereocenters. The van der Waals surface area contributed by atoms with E-state index in [1.165, 1.54) is 0 Å². The number of hydrogen-bond donors (Lipinski definition) is 0. The maximum absolute atomic E-state index is 6.48. The number of hydrogen-bond acceptors (Lipinski definition) is 5. The molecule has 0 spiro atoms. The number of nitrogens with zero attached hydrogens (tertiary/aromatic N) is 1. The van der Waals surface area contributed by atoms with Crippen LogP contribution in [-0.2, 0) is 9.16 Å². The van der Waals surface area contributed by atoms with E-state index < -0.39 is 8.32 Å². The molecule has 5 nitrogen and oxygen atoms in total. The zero-order valence-electron chi connectivity index (χ0n) is 17.8. The van der Waals surface area contributed by atoms with Gasteiger partial charge < -0.3 is 18.6 Å². The monoisotopic (exact) mass is 593 g/mol. The van der Waals surface area contributed by atoms with Gasteiger partial charge in [-0.2, -0.15) is 0 Å². The van der Waals surface area contributed by atoms with Gasteiger partial charge >= 0.3 is 0 Å². The number of rotatable bonds is 9. The molecular weight excluding hydrogens is 565 g/mol. The fourth-order valence-corrected chi connectivity index (χ4v) is 4.67. The molecule has 0 amide bonds. The fraction of sp³-hybridized carbons (Fsp3) is 0.476. The molecule has 160 valence electrons. The highest BCUT2D eigenvalue weighted by Gasteiger charge is 2.38. The van der Waals surface area contributed by atoms with Crippen LogP contribution in [0.2, 0.25) is 18.1 Å². The average molecular weight is 594 g/mol. The third kappa shape index (κ3) is 6.92. The van der Waals surface area contributed by atoms with Crippen LogP contribution in [0.4, 0.5) is 0 Å². The van der Waals surface area contributed by atoms with Gasteiger partial charge in [0.1, 0.15) is 9.80 Å². The van der Waals surface area contributed by atoms with Crippen LogP contribution in [0.3, 0.4) is 0 Å². The lowest BCUT2D eigenvalue weighted by molar-refractivity contribution is 0.0441. The molecule has 2 aromatic rings. The minimum Gasteiger partial charge on any atom is -0.479 e. The third-order valence-electron chi connectivity index (χ3n) is 5.03. The number of benzene rings is 1. The van der Waals surface area contributed by atoms with Crippen molar-refractivity contribution in [3.05, 3.63) is 50.3 Å². The van der Waals surface area contributed by atoms with Crippen molar-refractivity contribution in [1.29, 1.82) is 0 Å². The zero-order chi connectivity index (χ0) is 21.7. The molecule has 0 fully saturated rings. The van der Waals surface area contributed by atoms with E-state index in [9.17, 15) is 0 Å². The molecule has 1 heterocycles. The topological polar surface area (TPSA) is 49.8 Å². The summed E-state index contributed by atoms with van der Waals surface area (Å²) in [6.07, 6.45) is -0.277. The number of aromatic nitrogens is 1. The molecule has 2 rings (SSSR count). The van der Waals surface area contributed by atoms with Crippen LogP contribution in [0.1, 0.15) is 32.4 Å². The number of methoxy groups -OCH3 is 1. The van der Waals surface area contributed by atoms with Gasteiger partial charge in [-0.1, -0.05) is 51.1 Å². The highest BCUT2D eigenvalue weighted by Crippen LogP contribution is 2.40. The van der Waals surface area contributed by atoms with Crippen LogP contribution >= 0.6 is 38.5 Å². The van der Waals surface area contributed by atoms with Crippen LogP contribution in [0.15, 0.2) is 41.0 Å². The Morgan fingerprint density at radius 2 is 1.83 bits per heavy atom. The largest absolute Gasteiger partial charge is 0.479 e. The van der Waals surface area contributed by atoms with Crippen molar-refractivity contribution >= 4 is 46.8 Å². The summed E-state index contributed by atoms with van der Waals surface area (Å²) in [6, 6.07) is 12.0. The highest BCUT2D eigenvalue weighted by molar-refractivity contribution is 14.1. The minimum atomic E-state index is -1.93. The number of halogens is 2. The van der Waals surface area contributed by atoms with Gasteiger partial charge in [0.05, 0.1) is 6.61 Å². The van der Waals surface area contributed by atoms with Crippen molar-refractivity contribution in [3.63, 3.8) is 0 Å². The van der Waals surface area contributed by atoms with Gasteiger partial charge in [-0.15, -0.1) is 0 Å². The Hall–Kier alpha value is -0.683. The van der Waals surface area contributed by atoms with Crippen molar-refractivity contribution in [2.75, 3.05) is 20.5 Å². The Kier molecular flexibility index (Phi) is 8.96. The zero-order valence-corrected chi connectivity index (χ0v) is 22.5. The number of pyridine rings is 1. The van der Waals surface area contributed by atoms with Crippen LogP contribution in [0, 0.1) is 3.70 Å². The van der Waals surface area contributed by atoms with E-state index in [1.54, 1.807) is 7.11 Å². The summed E-state index contributed by atoms with van der Waals surface area (Å²) in [6.45, 7) is 11.8. The maximum atomic E-state index is 6.48. The predicted octanol–water partition coefficient (Wildman–Crippen LogP) is 6.57. The van der Waals surface area contributed by atoms with Gasteiger partial charge in [0.15, 0.2) is 31.2 Å². The first kappa shape index (κ1) is 24.6. The van der Waals surface area contributed by atoms with E-state index in [1.807, 2.05) is 24.3 Å². The Morgan fingerprint density at radius 3 is 2.41 bits per heavy atom. The molecule has 0 aliphatic rings. The summed E-state index contributed by atoms with van der Waals surface area (Å²) in [5.74, 6) is 1.11. The summed E-state index contributed by atoms with van der Waals surface area (Å²) < 4.78 is 25.1. The molecule has 0 saturated carbocycles. The second kappa shape index (κ2) is 10.6. The van der Waals surface area contributed by atoms with E-state index >= 15 is 0 Å². The predicted molar refractivity (Wildman–Crippen MR) is 130 cm³/mol. The van der Waals surface area contributed by atoms with E-state index in [0.717, 1.165) is 9.26 Å². The van der Waals surface area contributed by atoms with Crippen molar-refractivity contribution in [3.8, 4) is 11.5 Å². The van der Waals surface area contributed by atoms with Gasteiger partial charge in [-0.25, -0.2) is 4.98 Å². The maximum Gasteiger partial charge on any atom is 0.197 e. The van der Waals surface area contributed by atoms with Crippen LogP contribution < -0.4 is 9.47 Å². The fourth-order valence-electron chi connectivity index (χ4n) is 2.31. The first-order valence-corrected chi connectivity index (χ1v) is 14.2. The van der Waals surface area contributed by atoms with Crippen molar-refractivity contribution in [2.24, 2.45) is 0 Å². The summed E-state index contributed by atoms with van der Waals surface area (Å²) in [4.78, 5) is 4.40. The molecule has 8 heteroatoms. The van der Waals surface area contributed by atoms with Gasteiger partial charge in [-0.3, -0.25) is 0 Å². The SMILES string of the molecule is COCOc1c(OC(CO[Si](C)(C)C(C)(C)C)c2ccccc2)cc(I)nc1Br. The van der Waals surface area contributed by atoms with Crippen LogP contribution in [0.5, 0.6) is 11.5 Å². The summed E-state index contributed by atoms with van der Waals surface area (Å²) in [5, 5.41) is 0.121. The Morgan fingerprint density at radius 1 is 1.17 bits per heavy atom. The van der Waals surface area contributed by atoms with Crippen LogP contribution in [-0.4, -0.2) is 33.8 Å². The molecule has 0 radical (unpaired) electrons. The third-order valence-corrected chi connectivity index (χ3v) is 10.6. The summed E-state index contributed by atoms with van der Waals surface area (Å²) >= 11 is 5.63. The van der Waals surface area contributed by atoms with E-state index in [0.29, 0.717) is 22.7 Å². The molecule has 1 unspecified atom stereocenters. The molecule has 0 N–H and O–H groups in total. The highest BCUT2D eigenvalue weighted by atomic mass is 127. The van der Waals surface area contributed by atoms with E-state index in [2.05, 4.69) is 89.5 Å². The second-order valence-corrected chi connectivity index (χ2v) is 14.9. The minimum absolute atomic E-state index is 0.105. The molecule has 29 heavy (non-hydrogen) atoms. The summed E-state index contributed by atoms with van der Waals surface area (Å²) in [5.41, 5.74) is 1.05. The normalized spacial score (nSPS) is 13.2. The Bertz CT molecular complexity index is 799. The molecule has 0 bridgehead atoms. The Labute approximate surface area is 196 Å². The molecule has 0 saturated heterocycles. The van der Waals surface area contributed by atoms with Crippen molar-refractivity contribution in [2.45, 2.75) is 45.0 Å². The lowest BCUT2D eigenvalue weighted by Crippen LogP contribution is -2.42. The first-order chi connectivity index (χ1) is 13.5. The lowest BCUT2D eigenvalue weighted by Gasteiger charge is -2.37. The first-order valence-electron chi connectivity index (χ1n) is 9.38. The number of ether oxygens (including phenoxy) is 3. The van der Waals surface area contributed by atoms with Gasteiger partial charge in [0, 0.05) is 13.2 Å². The molecular formula is C21H29BrINO4Si. The van der Waals surface area contributed by atoms with E-state index in [-0.39, 0.29) is 17.9 Å². The van der Waals surface area contributed by atoms with Gasteiger partial charge in [0.2, 0.25) is 0 Å². The smallest absolute Gasteiger partial charge is 0.197 e. The van der Waals surface area contributed by atoms with Crippen LogP contribution in [0.25, 0.3) is 0 Å². The van der Waals surface area contributed by atoms with Crippen molar-refractivity contribution < 1.29 is 18.6 Å². The average Bonchev–Trinajstić information content (AvgIpc) is 2.64. The molecule has 1 aromatic heterocycles. The van der Waals surface area contributed by atoms with Gasteiger partial charge in [-0.05, 0) is 62.2 Å². The second-order valence-electron chi connectivity index (χ2n) is 8.20. The van der Waals surface area contributed by atoms with Gasteiger partial charge in [0.25, 0.3) is 0 Å². The Balaban J connectivity index is 2.34. The molecule has 1 aromatic carbocycles. The van der Waals surface area contributed by atoms with E-state index in [4.69, 9.17) is 18.6 Å².